The van der Waals surface area contributed by atoms with E-state index < -0.39 is 0 Å². The van der Waals surface area contributed by atoms with Crippen molar-refractivity contribution in [2.75, 3.05) is 6.54 Å². The minimum Gasteiger partial charge on any atom is -0.332 e. The number of amides is 1. The molecule has 1 aromatic carbocycles. The van der Waals surface area contributed by atoms with Crippen molar-refractivity contribution in [3.05, 3.63) is 69.9 Å². The number of piperidine rings is 1. The van der Waals surface area contributed by atoms with Gasteiger partial charge in [-0.25, -0.2) is 4.39 Å². The first-order valence-corrected chi connectivity index (χ1v) is 7.79. The number of carbonyl (C=O) groups excluding carboxylic acids is 1. The Morgan fingerprint density at radius 1 is 1.13 bits per heavy atom. The molecule has 1 fully saturated rings. The minimum atomic E-state index is -0.277. The summed E-state index contributed by atoms with van der Waals surface area (Å²) in [6.07, 6.45) is 4.43. The monoisotopic (exact) mass is 314 g/mol. The zero-order valence-electron chi connectivity index (χ0n) is 13.0. The quantitative estimate of drug-likeness (QED) is 0.855. The molecule has 1 aliphatic heterocycles. The molecule has 2 aromatic rings. The van der Waals surface area contributed by atoms with Gasteiger partial charge in [-0.2, -0.15) is 0 Å². The summed E-state index contributed by atoms with van der Waals surface area (Å²) in [7, 11) is 1.63. The molecule has 0 aliphatic carbocycles. The average molecular weight is 314 g/mol. The Morgan fingerprint density at radius 3 is 2.57 bits per heavy atom. The first-order valence-electron chi connectivity index (χ1n) is 7.79. The molecule has 5 heteroatoms. The molecular formula is C18H19FN2O2. The summed E-state index contributed by atoms with van der Waals surface area (Å²) in [5.41, 5.74) is 1.31. The van der Waals surface area contributed by atoms with E-state index in [1.165, 1.54) is 22.8 Å². The van der Waals surface area contributed by atoms with Crippen LogP contribution in [0.5, 0.6) is 0 Å². The lowest BCUT2D eigenvalue weighted by Gasteiger charge is -2.36. The number of aryl methyl sites for hydroxylation is 1. The number of carbonyl (C=O) groups is 1. The molecule has 1 amide bonds. The number of aromatic nitrogens is 1. The first kappa shape index (κ1) is 15.5. The van der Waals surface area contributed by atoms with Crippen LogP contribution >= 0.6 is 0 Å². The van der Waals surface area contributed by atoms with Crippen molar-refractivity contribution in [1.82, 2.24) is 9.47 Å². The summed E-state index contributed by atoms with van der Waals surface area (Å²) in [5.74, 6) is -0.366. The van der Waals surface area contributed by atoms with Crippen LogP contribution in [0.1, 0.15) is 41.2 Å². The van der Waals surface area contributed by atoms with E-state index in [0.29, 0.717) is 12.1 Å². The van der Waals surface area contributed by atoms with E-state index >= 15 is 0 Å². The average Bonchev–Trinajstić information content (AvgIpc) is 2.57. The van der Waals surface area contributed by atoms with E-state index in [1.807, 2.05) is 4.90 Å². The van der Waals surface area contributed by atoms with Gasteiger partial charge in [0, 0.05) is 25.9 Å². The highest BCUT2D eigenvalue weighted by Crippen LogP contribution is 2.32. The Hall–Kier alpha value is -2.43. The van der Waals surface area contributed by atoms with Crippen LogP contribution in [-0.2, 0) is 7.05 Å². The summed E-state index contributed by atoms with van der Waals surface area (Å²) in [6, 6.07) is 9.27. The lowest BCUT2D eigenvalue weighted by atomic mass is 9.94. The topological polar surface area (TPSA) is 42.3 Å². The van der Waals surface area contributed by atoms with Gasteiger partial charge in [-0.05, 0) is 43.0 Å². The molecule has 23 heavy (non-hydrogen) atoms. The Labute approximate surface area is 134 Å². The number of benzene rings is 1. The molecule has 0 spiro atoms. The van der Waals surface area contributed by atoms with Gasteiger partial charge in [0.15, 0.2) is 0 Å². The van der Waals surface area contributed by atoms with Crippen molar-refractivity contribution < 1.29 is 9.18 Å². The molecule has 0 saturated carbocycles. The number of halogens is 1. The number of likely N-dealkylation sites (tertiary alicyclic amines) is 1. The molecule has 4 nitrogen and oxygen atoms in total. The van der Waals surface area contributed by atoms with Crippen molar-refractivity contribution in [2.45, 2.75) is 25.3 Å². The van der Waals surface area contributed by atoms with Gasteiger partial charge in [0.25, 0.3) is 5.91 Å². The Bertz CT molecular complexity index is 767. The number of nitrogens with zero attached hydrogens (tertiary/aromatic N) is 2. The van der Waals surface area contributed by atoms with E-state index in [0.717, 1.165) is 24.8 Å². The van der Waals surface area contributed by atoms with Crippen LogP contribution in [0.2, 0.25) is 0 Å². The molecule has 1 aromatic heterocycles. The maximum absolute atomic E-state index is 13.1. The fourth-order valence-electron chi connectivity index (χ4n) is 3.09. The van der Waals surface area contributed by atoms with Crippen LogP contribution in [-0.4, -0.2) is 21.9 Å². The highest BCUT2D eigenvalue weighted by Gasteiger charge is 2.28. The summed E-state index contributed by atoms with van der Waals surface area (Å²) >= 11 is 0. The van der Waals surface area contributed by atoms with Crippen LogP contribution in [0.15, 0.2) is 47.4 Å². The molecule has 2 heterocycles. The fourth-order valence-corrected chi connectivity index (χ4v) is 3.09. The smallest absolute Gasteiger partial charge is 0.255 e. The second-order valence-electron chi connectivity index (χ2n) is 5.93. The van der Waals surface area contributed by atoms with Crippen molar-refractivity contribution in [3.63, 3.8) is 0 Å². The predicted octanol–water partition coefficient (Wildman–Crippen LogP) is 2.89. The van der Waals surface area contributed by atoms with Gasteiger partial charge in [-0.3, -0.25) is 9.59 Å². The first-order chi connectivity index (χ1) is 11.1. The van der Waals surface area contributed by atoms with Crippen LogP contribution in [0.4, 0.5) is 4.39 Å². The zero-order valence-corrected chi connectivity index (χ0v) is 13.0. The predicted molar refractivity (Wildman–Crippen MR) is 85.7 cm³/mol. The van der Waals surface area contributed by atoms with E-state index in [-0.39, 0.29) is 23.3 Å². The molecule has 0 radical (unpaired) electrons. The number of pyridine rings is 1. The van der Waals surface area contributed by atoms with E-state index in [9.17, 15) is 14.0 Å². The van der Waals surface area contributed by atoms with Gasteiger partial charge in [0.05, 0.1) is 11.6 Å². The molecule has 0 unspecified atom stereocenters. The second kappa shape index (κ2) is 6.36. The van der Waals surface area contributed by atoms with Gasteiger partial charge in [-0.1, -0.05) is 12.1 Å². The highest BCUT2D eigenvalue weighted by atomic mass is 19.1. The van der Waals surface area contributed by atoms with Gasteiger partial charge >= 0.3 is 0 Å². The van der Waals surface area contributed by atoms with Crippen LogP contribution in [0, 0.1) is 5.82 Å². The molecule has 120 valence electrons. The minimum absolute atomic E-state index is 0.0471. The summed E-state index contributed by atoms with van der Waals surface area (Å²) in [4.78, 5) is 26.2. The highest BCUT2D eigenvalue weighted by molar-refractivity contribution is 5.94. The van der Waals surface area contributed by atoms with Crippen LogP contribution in [0.25, 0.3) is 0 Å². The Kier molecular flexibility index (Phi) is 4.28. The zero-order chi connectivity index (χ0) is 16.4. The largest absolute Gasteiger partial charge is 0.332 e. The van der Waals surface area contributed by atoms with Crippen molar-refractivity contribution in [3.8, 4) is 0 Å². The third-order valence-corrected chi connectivity index (χ3v) is 4.35. The lowest BCUT2D eigenvalue weighted by molar-refractivity contribution is 0.0610. The molecular weight excluding hydrogens is 295 g/mol. The number of hydrogen-bond acceptors (Lipinski definition) is 2. The van der Waals surface area contributed by atoms with Crippen LogP contribution < -0.4 is 5.56 Å². The molecule has 3 rings (SSSR count). The van der Waals surface area contributed by atoms with Gasteiger partial charge in [-0.15, -0.1) is 0 Å². The molecule has 0 bridgehead atoms. The summed E-state index contributed by atoms with van der Waals surface area (Å²) in [6.45, 7) is 0.670. The van der Waals surface area contributed by atoms with E-state index in [1.54, 1.807) is 31.4 Å². The number of hydrogen-bond donors (Lipinski definition) is 0. The fraction of sp³-hybridized carbons (Fsp3) is 0.333. The van der Waals surface area contributed by atoms with E-state index in [2.05, 4.69) is 0 Å². The molecule has 1 atom stereocenters. The number of rotatable bonds is 2. The third kappa shape index (κ3) is 3.18. The SMILES string of the molecule is Cn1cc(C(=O)N2CCCC[C@H]2c2ccc(F)cc2)ccc1=O. The van der Waals surface area contributed by atoms with E-state index in [4.69, 9.17) is 0 Å². The standard InChI is InChI=1S/C18H19FN2O2/c1-20-12-14(7-10-17(20)22)18(23)21-11-3-2-4-16(21)13-5-8-15(19)9-6-13/h5-10,12,16H,2-4,11H2,1H3/t16-/m0/s1. The summed E-state index contributed by atoms with van der Waals surface area (Å²) in [5, 5.41) is 0. The second-order valence-corrected chi connectivity index (χ2v) is 5.93. The van der Waals surface area contributed by atoms with Gasteiger partial charge in [0.2, 0.25) is 5.56 Å². The molecule has 1 aliphatic rings. The van der Waals surface area contributed by atoms with Crippen molar-refractivity contribution >= 4 is 5.91 Å². The Balaban J connectivity index is 1.91. The maximum atomic E-state index is 13.1. The van der Waals surface area contributed by atoms with Crippen molar-refractivity contribution in [1.29, 1.82) is 0 Å². The normalized spacial score (nSPS) is 18.0. The van der Waals surface area contributed by atoms with Crippen LogP contribution in [0.3, 0.4) is 0 Å². The van der Waals surface area contributed by atoms with Gasteiger partial charge < -0.3 is 9.47 Å². The maximum Gasteiger partial charge on any atom is 0.255 e. The van der Waals surface area contributed by atoms with Crippen molar-refractivity contribution in [2.24, 2.45) is 7.05 Å². The summed E-state index contributed by atoms with van der Waals surface area (Å²) < 4.78 is 14.6. The molecule has 0 N–H and O–H groups in total. The lowest BCUT2D eigenvalue weighted by Crippen LogP contribution is -2.39. The Morgan fingerprint density at radius 2 is 1.87 bits per heavy atom. The third-order valence-electron chi connectivity index (χ3n) is 4.35. The molecule has 1 saturated heterocycles. The van der Waals surface area contributed by atoms with Gasteiger partial charge in [0.1, 0.15) is 5.82 Å².